The molecule has 0 fully saturated rings. The molecule has 2 N–H and O–H groups in total. The summed E-state index contributed by atoms with van der Waals surface area (Å²) < 4.78 is 11.8. The fraction of sp³-hybridized carbons (Fsp3) is 0.200. The normalized spacial score (nSPS) is 10.4. The molecule has 0 aromatic heterocycles. The van der Waals surface area contributed by atoms with Crippen LogP contribution in [0.4, 0.5) is 5.69 Å². The van der Waals surface area contributed by atoms with Crippen molar-refractivity contribution in [1.29, 1.82) is 0 Å². The number of nitrogen functional groups attached to an aromatic ring is 1. The molecular weight excluding hydrogens is 306 g/mol. The first-order valence-electron chi connectivity index (χ1n) is 5.93. The number of rotatable bonds is 5. The summed E-state index contributed by atoms with van der Waals surface area (Å²) >= 11 is 3.48. The highest BCUT2D eigenvalue weighted by atomic mass is 79.9. The lowest BCUT2D eigenvalue weighted by atomic mass is 10.2. The van der Waals surface area contributed by atoms with Gasteiger partial charge in [-0.3, -0.25) is 0 Å². The topological polar surface area (TPSA) is 44.5 Å². The number of hydrogen-bond acceptors (Lipinski definition) is 3. The number of anilines is 1. The lowest BCUT2D eigenvalue weighted by molar-refractivity contribution is 0.106. The van der Waals surface area contributed by atoms with E-state index >= 15 is 0 Å². The first kappa shape index (κ1) is 13.9. The van der Waals surface area contributed by atoms with Crippen molar-refractivity contribution in [2.24, 2.45) is 0 Å². The van der Waals surface area contributed by atoms with Crippen LogP contribution in [0.25, 0.3) is 0 Å². The first-order valence-corrected chi connectivity index (χ1v) is 6.73. The summed E-state index contributed by atoms with van der Waals surface area (Å²) in [5.41, 5.74) is 8.60. The molecule has 2 aromatic rings. The number of nitrogens with two attached hydrogens (primary N) is 1. The minimum Gasteiger partial charge on any atom is -0.497 e. The van der Waals surface area contributed by atoms with Crippen molar-refractivity contribution in [1.82, 2.24) is 0 Å². The first-order chi connectivity index (χ1) is 9.19. The van der Waals surface area contributed by atoms with Crippen molar-refractivity contribution in [3.63, 3.8) is 0 Å². The van der Waals surface area contributed by atoms with Crippen LogP contribution in [0.15, 0.2) is 46.9 Å². The van der Waals surface area contributed by atoms with E-state index in [1.807, 2.05) is 42.5 Å². The average molecular weight is 322 g/mol. The highest BCUT2D eigenvalue weighted by Gasteiger charge is 2.01. The van der Waals surface area contributed by atoms with Gasteiger partial charge < -0.3 is 15.2 Å². The highest BCUT2D eigenvalue weighted by molar-refractivity contribution is 9.10. The maximum absolute atomic E-state index is 5.70. The third-order valence-electron chi connectivity index (χ3n) is 2.74. The third-order valence-corrected chi connectivity index (χ3v) is 3.48. The molecule has 0 amide bonds. The number of halogens is 1. The van der Waals surface area contributed by atoms with Gasteiger partial charge in [0.15, 0.2) is 0 Å². The monoisotopic (exact) mass is 321 g/mol. The zero-order valence-corrected chi connectivity index (χ0v) is 12.3. The Morgan fingerprint density at radius 2 is 1.95 bits per heavy atom. The summed E-state index contributed by atoms with van der Waals surface area (Å²) in [5.74, 6) is 0.842. The molecule has 0 aliphatic rings. The lowest BCUT2D eigenvalue weighted by Gasteiger charge is -2.08. The summed E-state index contributed by atoms with van der Waals surface area (Å²) in [5, 5.41) is 0. The zero-order chi connectivity index (χ0) is 13.7. The molecule has 0 aliphatic carbocycles. The Morgan fingerprint density at radius 1 is 1.11 bits per heavy atom. The molecule has 0 heterocycles. The predicted molar refractivity (Wildman–Crippen MR) is 80.0 cm³/mol. The molecule has 0 bridgehead atoms. The molecule has 0 saturated carbocycles. The van der Waals surface area contributed by atoms with Crippen molar-refractivity contribution in [3.8, 4) is 5.75 Å². The van der Waals surface area contributed by atoms with Crippen molar-refractivity contribution < 1.29 is 9.47 Å². The van der Waals surface area contributed by atoms with Crippen molar-refractivity contribution in [2.45, 2.75) is 13.2 Å². The van der Waals surface area contributed by atoms with E-state index in [0.29, 0.717) is 13.2 Å². The summed E-state index contributed by atoms with van der Waals surface area (Å²) in [6.07, 6.45) is 0. The van der Waals surface area contributed by atoms with Crippen molar-refractivity contribution >= 4 is 21.6 Å². The summed E-state index contributed by atoms with van der Waals surface area (Å²) in [4.78, 5) is 0. The van der Waals surface area contributed by atoms with Gasteiger partial charge in [0.1, 0.15) is 5.75 Å². The van der Waals surface area contributed by atoms with Gasteiger partial charge in [-0.25, -0.2) is 0 Å². The number of hydrogen-bond donors (Lipinski definition) is 1. The predicted octanol–water partition coefficient (Wildman–Crippen LogP) is 3.76. The van der Waals surface area contributed by atoms with Gasteiger partial charge in [-0.05, 0) is 35.4 Å². The standard InChI is InChI=1S/C15H16BrNO2/c1-18-14-4-2-3-11(7-14)9-19-10-12-5-6-13(17)8-15(12)16/h2-8H,9-10,17H2,1H3. The second-order valence-corrected chi connectivity index (χ2v) is 5.05. The van der Waals surface area contributed by atoms with Crippen LogP contribution in [0.3, 0.4) is 0 Å². The molecule has 100 valence electrons. The lowest BCUT2D eigenvalue weighted by Crippen LogP contribution is -1.96. The maximum atomic E-state index is 5.70. The fourth-order valence-electron chi connectivity index (χ4n) is 1.72. The van der Waals surface area contributed by atoms with Crippen LogP contribution < -0.4 is 10.5 Å². The number of ether oxygens (including phenoxy) is 2. The van der Waals surface area contributed by atoms with Crippen LogP contribution in [0, 0.1) is 0 Å². The van der Waals surface area contributed by atoms with E-state index in [4.69, 9.17) is 15.2 Å². The molecule has 3 nitrogen and oxygen atoms in total. The number of methoxy groups -OCH3 is 1. The molecular formula is C15H16BrNO2. The molecule has 0 aliphatic heterocycles. The molecule has 19 heavy (non-hydrogen) atoms. The van der Waals surface area contributed by atoms with Crippen molar-refractivity contribution in [2.75, 3.05) is 12.8 Å². The molecule has 0 unspecified atom stereocenters. The SMILES string of the molecule is COc1cccc(COCc2ccc(N)cc2Br)c1. The molecule has 2 aromatic carbocycles. The van der Waals surface area contributed by atoms with E-state index in [-0.39, 0.29) is 0 Å². The Hall–Kier alpha value is -1.52. The second-order valence-electron chi connectivity index (χ2n) is 4.20. The molecule has 2 rings (SSSR count). The van der Waals surface area contributed by atoms with Gasteiger partial charge in [0, 0.05) is 10.2 Å². The highest BCUT2D eigenvalue weighted by Crippen LogP contribution is 2.21. The van der Waals surface area contributed by atoms with E-state index in [2.05, 4.69) is 15.9 Å². The molecule has 0 atom stereocenters. The Balaban J connectivity index is 1.92. The van der Waals surface area contributed by atoms with Gasteiger partial charge in [0.25, 0.3) is 0 Å². The van der Waals surface area contributed by atoms with Crippen LogP contribution >= 0.6 is 15.9 Å². The van der Waals surface area contributed by atoms with Crippen LogP contribution in [0.2, 0.25) is 0 Å². The van der Waals surface area contributed by atoms with Gasteiger partial charge in [0.05, 0.1) is 20.3 Å². The van der Waals surface area contributed by atoms with E-state index in [1.165, 1.54) is 0 Å². The summed E-state index contributed by atoms with van der Waals surface area (Å²) in [6, 6.07) is 13.6. The van der Waals surface area contributed by atoms with Gasteiger partial charge in [-0.2, -0.15) is 0 Å². The summed E-state index contributed by atoms with van der Waals surface area (Å²) in [7, 11) is 1.66. The van der Waals surface area contributed by atoms with E-state index in [1.54, 1.807) is 7.11 Å². The maximum Gasteiger partial charge on any atom is 0.119 e. The molecule has 0 saturated heterocycles. The summed E-state index contributed by atoms with van der Waals surface area (Å²) in [6.45, 7) is 1.09. The van der Waals surface area contributed by atoms with E-state index in [9.17, 15) is 0 Å². The molecule has 0 radical (unpaired) electrons. The van der Waals surface area contributed by atoms with Gasteiger partial charge in [0.2, 0.25) is 0 Å². The Bertz CT molecular complexity index is 558. The molecule has 4 heteroatoms. The number of benzene rings is 2. The van der Waals surface area contributed by atoms with Crippen LogP contribution in [-0.4, -0.2) is 7.11 Å². The second kappa shape index (κ2) is 6.59. The zero-order valence-electron chi connectivity index (χ0n) is 10.7. The quantitative estimate of drug-likeness (QED) is 0.853. The van der Waals surface area contributed by atoms with Crippen LogP contribution in [0.1, 0.15) is 11.1 Å². The van der Waals surface area contributed by atoms with Gasteiger partial charge in [-0.15, -0.1) is 0 Å². The Kier molecular flexibility index (Phi) is 4.82. The van der Waals surface area contributed by atoms with Gasteiger partial charge in [-0.1, -0.05) is 34.1 Å². The minimum atomic E-state index is 0.540. The third kappa shape index (κ3) is 3.98. The smallest absolute Gasteiger partial charge is 0.119 e. The van der Waals surface area contributed by atoms with Crippen molar-refractivity contribution in [3.05, 3.63) is 58.1 Å². The Labute approximate surface area is 121 Å². The fourth-order valence-corrected chi connectivity index (χ4v) is 2.23. The average Bonchev–Trinajstić information content (AvgIpc) is 2.41. The Morgan fingerprint density at radius 3 is 2.68 bits per heavy atom. The van der Waals surface area contributed by atoms with E-state index < -0.39 is 0 Å². The van der Waals surface area contributed by atoms with Crippen LogP contribution in [0.5, 0.6) is 5.75 Å². The van der Waals surface area contributed by atoms with Gasteiger partial charge >= 0.3 is 0 Å². The largest absolute Gasteiger partial charge is 0.497 e. The minimum absolute atomic E-state index is 0.540. The van der Waals surface area contributed by atoms with Crippen LogP contribution in [-0.2, 0) is 18.0 Å². The van der Waals surface area contributed by atoms with E-state index in [0.717, 1.165) is 27.0 Å². The molecule has 0 spiro atoms.